The summed E-state index contributed by atoms with van der Waals surface area (Å²) in [5.74, 6) is -6.45. The van der Waals surface area contributed by atoms with Crippen LogP contribution in [0.4, 0.5) is 13.2 Å². The molecular weight excluding hydrogens is 377 g/mol. The van der Waals surface area contributed by atoms with E-state index < -0.39 is 47.7 Å². The lowest BCUT2D eigenvalue weighted by Gasteiger charge is -2.32. The van der Waals surface area contributed by atoms with E-state index in [-0.39, 0.29) is 35.9 Å². The fourth-order valence-corrected chi connectivity index (χ4v) is 4.23. The van der Waals surface area contributed by atoms with E-state index in [0.717, 1.165) is 10.6 Å². The average Bonchev–Trinajstić information content (AvgIpc) is 2.87. The van der Waals surface area contributed by atoms with Crippen LogP contribution in [0.15, 0.2) is 16.9 Å². The molecule has 150 valence electrons. The molecule has 1 unspecified atom stereocenters. The monoisotopic (exact) mass is 396 g/mol. The number of benzene rings is 1. The Hall–Kier alpha value is -2.62. The second kappa shape index (κ2) is 6.47. The quantitative estimate of drug-likeness (QED) is 0.747. The number of amides is 2. The number of nitrogens with one attached hydrogen (secondary N) is 2. The van der Waals surface area contributed by atoms with Crippen LogP contribution in [0.3, 0.4) is 0 Å². The maximum Gasteiger partial charge on any atom is 0.329 e. The molecule has 1 aromatic heterocycles. The van der Waals surface area contributed by atoms with Gasteiger partial charge in [-0.1, -0.05) is 0 Å². The van der Waals surface area contributed by atoms with Crippen LogP contribution < -0.4 is 16.3 Å². The fraction of sp³-hybridized carbons (Fsp3) is 0.500. The van der Waals surface area contributed by atoms with Crippen LogP contribution in [0, 0.1) is 5.82 Å². The molecule has 2 aromatic rings. The molecule has 10 heteroatoms. The van der Waals surface area contributed by atoms with E-state index >= 15 is 0 Å². The van der Waals surface area contributed by atoms with E-state index in [4.69, 9.17) is 0 Å². The molecule has 0 aliphatic carbocycles. The Balaban J connectivity index is 1.95. The molecule has 28 heavy (non-hydrogen) atoms. The molecule has 2 saturated heterocycles. The molecule has 0 saturated carbocycles. The van der Waals surface area contributed by atoms with Crippen molar-refractivity contribution in [1.82, 2.24) is 19.8 Å². The van der Waals surface area contributed by atoms with Gasteiger partial charge in [0.1, 0.15) is 11.9 Å². The molecule has 3 heterocycles. The highest BCUT2D eigenvalue weighted by Gasteiger charge is 2.45. The summed E-state index contributed by atoms with van der Waals surface area (Å²) in [4.78, 5) is 36.5. The Labute approximate surface area is 157 Å². The maximum absolute atomic E-state index is 14.7. The lowest BCUT2D eigenvalue weighted by atomic mass is 9.85. The van der Waals surface area contributed by atoms with Crippen molar-refractivity contribution in [3.05, 3.63) is 34.0 Å². The summed E-state index contributed by atoms with van der Waals surface area (Å²) in [5, 5.41) is 4.79. The van der Waals surface area contributed by atoms with Gasteiger partial charge < -0.3 is 5.32 Å². The van der Waals surface area contributed by atoms with Crippen molar-refractivity contribution in [2.75, 3.05) is 13.1 Å². The Morgan fingerprint density at radius 1 is 1.18 bits per heavy atom. The average molecular weight is 396 g/mol. The predicted molar refractivity (Wildman–Crippen MR) is 93.7 cm³/mol. The molecule has 2 fully saturated rings. The summed E-state index contributed by atoms with van der Waals surface area (Å²) in [6, 6.07) is 1.41. The van der Waals surface area contributed by atoms with Gasteiger partial charge in [-0.15, -0.1) is 0 Å². The lowest BCUT2D eigenvalue weighted by Crippen LogP contribution is -2.45. The van der Waals surface area contributed by atoms with Crippen molar-refractivity contribution >= 4 is 22.8 Å². The maximum atomic E-state index is 14.7. The number of carbonyl (C=O) groups excluding carboxylic acids is 2. The highest BCUT2D eigenvalue weighted by atomic mass is 19.3. The van der Waals surface area contributed by atoms with Crippen LogP contribution in [0.25, 0.3) is 11.0 Å². The third-order valence-electron chi connectivity index (χ3n) is 5.58. The van der Waals surface area contributed by atoms with Gasteiger partial charge in [-0.2, -0.15) is 0 Å². The predicted octanol–water partition coefficient (Wildman–Crippen LogP) is 1.17. The third kappa shape index (κ3) is 2.74. The fourth-order valence-electron chi connectivity index (χ4n) is 4.23. The number of rotatable bonds is 2. The summed E-state index contributed by atoms with van der Waals surface area (Å²) in [6.45, 7) is -0.271. The minimum atomic E-state index is -3.18. The largest absolute Gasteiger partial charge is 0.329 e. The molecule has 7 nitrogen and oxygen atoms in total. The molecule has 2 aliphatic heterocycles. The van der Waals surface area contributed by atoms with Crippen molar-refractivity contribution in [3.8, 4) is 0 Å². The highest BCUT2D eigenvalue weighted by Crippen LogP contribution is 2.42. The number of imidazole rings is 1. The van der Waals surface area contributed by atoms with Gasteiger partial charge in [0.25, 0.3) is 5.92 Å². The number of carbonyl (C=O) groups is 2. The van der Waals surface area contributed by atoms with Gasteiger partial charge in [0, 0.05) is 19.0 Å². The Bertz CT molecular complexity index is 1040. The first kappa shape index (κ1) is 18.7. The van der Waals surface area contributed by atoms with E-state index in [0.29, 0.717) is 6.54 Å². The van der Waals surface area contributed by atoms with Gasteiger partial charge in [-0.05, 0) is 31.5 Å². The highest BCUT2D eigenvalue weighted by molar-refractivity contribution is 6.00. The van der Waals surface area contributed by atoms with E-state index in [1.54, 1.807) is 0 Å². The molecule has 4 rings (SSSR count). The molecule has 1 aromatic carbocycles. The molecule has 2 aliphatic rings. The first-order valence-corrected chi connectivity index (χ1v) is 9.04. The molecule has 2 N–H and O–H groups in total. The number of halogens is 3. The van der Waals surface area contributed by atoms with Crippen LogP contribution in [0.2, 0.25) is 0 Å². The minimum absolute atomic E-state index is 0.0147. The summed E-state index contributed by atoms with van der Waals surface area (Å²) in [5.41, 5.74) is -0.572. The standard InChI is InChI=1S/C18H19F3N4O3/c1-24-15-11(25(17(24)28)12-4-5-13(26)23-16(12)27)3-2-10(19)14(15)9-6-7-22-8-18(9,20)21/h2-3,9,12,22H,4-8H2,1H3,(H,23,26,27)/t9-,12?/m0/s1. The Morgan fingerprint density at radius 3 is 2.61 bits per heavy atom. The number of fused-ring (bicyclic) bond motifs is 1. The topological polar surface area (TPSA) is 85.1 Å². The molecular formula is C18H19F3N4O3. The second-order valence-corrected chi connectivity index (χ2v) is 7.29. The number of aromatic nitrogens is 2. The van der Waals surface area contributed by atoms with Crippen molar-refractivity contribution in [3.63, 3.8) is 0 Å². The van der Waals surface area contributed by atoms with Crippen LogP contribution in [-0.4, -0.2) is 40.0 Å². The van der Waals surface area contributed by atoms with Gasteiger partial charge in [0.2, 0.25) is 11.8 Å². The summed E-state index contributed by atoms with van der Waals surface area (Å²) in [7, 11) is 1.37. The van der Waals surface area contributed by atoms with Crippen LogP contribution in [-0.2, 0) is 16.6 Å². The molecule has 0 spiro atoms. The second-order valence-electron chi connectivity index (χ2n) is 7.29. The summed E-state index contributed by atoms with van der Waals surface area (Å²) >= 11 is 0. The van der Waals surface area contributed by atoms with Crippen molar-refractivity contribution in [2.24, 2.45) is 7.05 Å². The first-order valence-electron chi connectivity index (χ1n) is 9.04. The molecule has 0 bridgehead atoms. The van der Waals surface area contributed by atoms with E-state index in [9.17, 15) is 27.6 Å². The first-order chi connectivity index (χ1) is 13.2. The lowest BCUT2D eigenvalue weighted by molar-refractivity contribution is -0.135. The number of nitrogens with zero attached hydrogens (tertiary/aromatic N) is 2. The van der Waals surface area contributed by atoms with Crippen molar-refractivity contribution in [1.29, 1.82) is 0 Å². The number of hydrogen-bond donors (Lipinski definition) is 2. The smallest absolute Gasteiger partial charge is 0.311 e. The summed E-state index contributed by atoms with van der Waals surface area (Å²) < 4.78 is 46.1. The van der Waals surface area contributed by atoms with Crippen molar-refractivity contribution < 1.29 is 22.8 Å². The van der Waals surface area contributed by atoms with Crippen LogP contribution >= 0.6 is 0 Å². The number of imide groups is 1. The number of alkyl halides is 2. The van der Waals surface area contributed by atoms with E-state index in [1.807, 2.05) is 0 Å². The van der Waals surface area contributed by atoms with Gasteiger partial charge in [-0.3, -0.25) is 24.0 Å². The van der Waals surface area contributed by atoms with Gasteiger partial charge in [0.15, 0.2) is 0 Å². The van der Waals surface area contributed by atoms with Gasteiger partial charge in [-0.25, -0.2) is 18.0 Å². The molecule has 2 amide bonds. The zero-order valence-corrected chi connectivity index (χ0v) is 15.1. The Kier molecular flexibility index (Phi) is 4.33. The summed E-state index contributed by atoms with van der Waals surface area (Å²) in [6.07, 6.45) is 0.181. The number of piperidine rings is 2. The Morgan fingerprint density at radius 2 is 1.93 bits per heavy atom. The van der Waals surface area contributed by atoms with Gasteiger partial charge in [0.05, 0.1) is 23.5 Å². The third-order valence-corrected chi connectivity index (χ3v) is 5.58. The van der Waals surface area contributed by atoms with Crippen LogP contribution in [0.5, 0.6) is 0 Å². The van der Waals surface area contributed by atoms with Crippen LogP contribution in [0.1, 0.15) is 36.8 Å². The number of hydrogen-bond acceptors (Lipinski definition) is 4. The van der Waals surface area contributed by atoms with E-state index in [1.165, 1.54) is 17.7 Å². The molecule has 2 atom stereocenters. The normalized spacial score (nSPS) is 25.1. The zero-order valence-electron chi connectivity index (χ0n) is 15.1. The van der Waals surface area contributed by atoms with E-state index in [2.05, 4.69) is 10.6 Å². The van der Waals surface area contributed by atoms with Crippen molar-refractivity contribution in [2.45, 2.75) is 37.1 Å². The SMILES string of the molecule is Cn1c(=O)n(C2CCC(=O)NC2=O)c2ccc(F)c([C@@H]3CCNCC3(F)F)c21. The zero-order chi connectivity index (χ0) is 20.2. The minimum Gasteiger partial charge on any atom is -0.311 e. The number of aryl methyl sites for hydroxylation is 1. The molecule has 0 radical (unpaired) electrons. The van der Waals surface area contributed by atoms with Gasteiger partial charge >= 0.3 is 5.69 Å².